The Kier molecular flexibility index (Phi) is 4.37. The lowest BCUT2D eigenvalue weighted by atomic mass is 10.2. The molecule has 0 saturated carbocycles. The zero-order chi connectivity index (χ0) is 14.1. The Morgan fingerprint density at radius 2 is 2.24 bits per heavy atom. The van der Waals surface area contributed by atoms with Crippen LogP contribution >= 0.6 is 12.4 Å². The summed E-state index contributed by atoms with van der Waals surface area (Å²) in [6.07, 6.45) is 2.91. The standard InChI is InChI=1S/C14H16N4O2.ClH/c1-20-8-5-6-10(15)12(7-8)16-14(19)13-9-3-2-4-11(9)17-18-13;/h5-7H,2-4,15H2,1H3,(H,16,19)(H,17,18);1H. The second-order valence-corrected chi connectivity index (χ2v) is 4.79. The van der Waals surface area contributed by atoms with Gasteiger partial charge in [-0.1, -0.05) is 0 Å². The van der Waals surface area contributed by atoms with Crippen molar-refractivity contribution in [2.45, 2.75) is 19.3 Å². The summed E-state index contributed by atoms with van der Waals surface area (Å²) in [5, 5.41) is 9.81. The first-order valence-electron chi connectivity index (χ1n) is 6.50. The molecule has 1 heterocycles. The number of ether oxygens (including phenoxy) is 1. The predicted molar refractivity (Wildman–Crippen MR) is 83.2 cm³/mol. The van der Waals surface area contributed by atoms with Gasteiger partial charge < -0.3 is 15.8 Å². The van der Waals surface area contributed by atoms with Crippen LogP contribution in [0.5, 0.6) is 5.75 Å². The molecule has 0 atom stereocenters. The predicted octanol–water partition coefficient (Wildman–Crippen LogP) is 2.16. The molecule has 0 aliphatic heterocycles. The van der Waals surface area contributed by atoms with E-state index < -0.39 is 0 Å². The van der Waals surface area contributed by atoms with E-state index in [1.165, 1.54) is 0 Å². The van der Waals surface area contributed by atoms with Gasteiger partial charge >= 0.3 is 0 Å². The number of carbonyl (C=O) groups excluding carboxylic acids is 1. The number of halogens is 1. The van der Waals surface area contributed by atoms with Gasteiger partial charge in [-0.2, -0.15) is 5.10 Å². The molecule has 0 radical (unpaired) electrons. The van der Waals surface area contributed by atoms with E-state index in [1.807, 2.05) is 0 Å². The van der Waals surface area contributed by atoms with Crippen molar-refractivity contribution in [2.75, 3.05) is 18.2 Å². The van der Waals surface area contributed by atoms with Crippen LogP contribution in [-0.2, 0) is 12.8 Å². The highest BCUT2D eigenvalue weighted by Gasteiger charge is 2.23. The number of nitrogens with one attached hydrogen (secondary N) is 2. The monoisotopic (exact) mass is 308 g/mol. The van der Waals surface area contributed by atoms with Crippen molar-refractivity contribution >= 4 is 29.7 Å². The van der Waals surface area contributed by atoms with Crippen molar-refractivity contribution in [2.24, 2.45) is 0 Å². The van der Waals surface area contributed by atoms with Gasteiger partial charge in [0.15, 0.2) is 5.69 Å². The average Bonchev–Trinajstić information content (AvgIpc) is 3.03. The topological polar surface area (TPSA) is 93.0 Å². The number of fused-ring (bicyclic) bond motifs is 1. The molecule has 0 saturated heterocycles. The van der Waals surface area contributed by atoms with Gasteiger partial charge in [-0.25, -0.2) is 0 Å². The number of hydrogen-bond donors (Lipinski definition) is 3. The maximum absolute atomic E-state index is 12.3. The second kappa shape index (κ2) is 6.05. The van der Waals surface area contributed by atoms with E-state index >= 15 is 0 Å². The SMILES string of the molecule is COc1ccc(N)c(NC(=O)c2n[nH]c3c2CCC3)c1.Cl. The number of benzene rings is 1. The molecular formula is C14H17ClN4O2. The van der Waals surface area contributed by atoms with Crippen LogP contribution in [0.3, 0.4) is 0 Å². The molecule has 2 aromatic rings. The molecule has 1 aromatic heterocycles. The van der Waals surface area contributed by atoms with Crippen LogP contribution in [-0.4, -0.2) is 23.2 Å². The van der Waals surface area contributed by atoms with Crippen LogP contribution < -0.4 is 15.8 Å². The summed E-state index contributed by atoms with van der Waals surface area (Å²) in [6, 6.07) is 5.14. The number of aromatic nitrogens is 2. The lowest BCUT2D eigenvalue weighted by Gasteiger charge is -2.09. The molecular weight excluding hydrogens is 292 g/mol. The first kappa shape index (κ1) is 15.2. The van der Waals surface area contributed by atoms with E-state index in [0.29, 0.717) is 22.8 Å². The number of nitrogens with two attached hydrogens (primary N) is 1. The average molecular weight is 309 g/mol. The fourth-order valence-electron chi connectivity index (χ4n) is 2.46. The third-order valence-electron chi connectivity index (χ3n) is 3.53. The fraction of sp³-hybridized carbons (Fsp3) is 0.286. The molecule has 112 valence electrons. The first-order chi connectivity index (χ1) is 9.69. The molecule has 21 heavy (non-hydrogen) atoms. The number of rotatable bonds is 3. The summed E-state index contributed by atoms with van der Waals surface area (Å²) in [5.41, 5.74) is 9.42. The first-order valence-corrected chi connectivity index (χ1v) is 6.50. The fourth-order valence-corrected chi connectivity index (χ4v) is 2.46. The lowest BCUT2D eigenvalue weighted by Crippen LogP contribution is -2.15. The number of aryl methyl sites for hydroxylation is 1. The van der Waals surface area contributed by atoms with Gasteiger partial charge in [-0.15, -0.1) is 12.4 Å². The van der Waals surface area contributed by atoms with Crippen molar-refractivity contribution in [3.05, 3.63) is 35.2 Å². The number of nitrogens with zero attached hydrogens (tertiary/aromatic N) is 1. The van der Waals surface area contributed by atoms with Crippen molar-refractivity contribution in [1.29, 1.82) is 0 Å². The Balaban J connectivity index is 0.00000161. The second-order valence-electron chi connectivity index (χ2n) is 4.79. The molecule has 3 rings (SSSR count). The highest BCUT2D eigenvalue weighted by atomic mass is 35.5. The maximum atomic E-state index is 12.3. The Bertz CT molecular complexity index is 669. The van der Waals surface area contributed by atoms with Crippen molar-refractivity contribution in [3.63, 3.8) is 0 Å². The number of methoxy groups -OCH3 is 1. The van der Waals surface area contributed by atoms with E-state index in [1.54, 1.807) is 25.3 Å². The van der Waals surface area contributed by atoms with Crippen molar-refractivity contribution in [1.82, 2.24) is 10.2 Å². The maximum Gasteiger partial charge on any atom is 0.276 e. The molecule has 0 unspecified atom stereocenters. The van der Waals surface area contributed by atoms with Crippen molar-refractivity contribution in [3.8, 4) is 5.75 Å². The summed E-state index contributed by atoms with van der Waals surface area (Å²) in [4.78, 5) is 12.3. The number of anilines is 2. The molecule has 0 fully saturated rings. The quantitative estimate of drug-likeness (QED) is 0.758. The summed E-state index contributed by atoms with van der Waals surface area (Å²) < 4.78 is 5.13. The summed E-state index contributed by atoms with van der Waals surface area (Å²) >= 11 is 0. The number of hydrogen-bond acceptors (Lipinski definition) is 4. The van der Waals surface area contributed by atoms with Crippen LogP contribution in [0.15, 0.2) is 18.2 Å². The third kappa shape index (κ3) is 2.80. The minimum atomic E-state index is -0.246. The molecule has 6 nitrogen and oxygen atoms in total. The molecule has 0 spiro atoms. The molecule has 1 aromatic carbocycles. The van der Waals surface area contributed by atoms with Crippen molar-refractivity contribution < 1.29 is 9.53 Å². The Morgan fingerprint density at radius 1 is 1.43 bits per heavy atom. The molecule has 1 aliphatic carbocycles. The number of nitrogen functional groups attached to an aromatic ring is 1. The highest BCUT2D eigenvalue weighted by Crippen LogP contribution is 2.27. The van der Waals surface area contributed by atoms with Crippen LogP contribution in [0.25, 0.3) is 0 Å². The molecule has 0 bridgehead atoms. The van der Waals surface area contributed by atoms with Gasteiger partial charge in [0.1, 0.15) is 5.75 Å². The van der Waals surface area contributed by atoms with Gasteiger partial charge in [0.2, 0.25) is 0 Å². The van der Waals surface area contributed by atoms with Gasteiger partial charge in [-0.3, -0.25) is 9.89 Å². The largest absolute Gasteiger partial charge is 0.497 e. The summed E-state index contributed by atoms with van der Waals surface area (Å²) in [7, 11) is 1.57. The minimum Gasteiger partial charge on any atom is -0.497 e. The zero-order valence-electron chi connectivity index (χ0n) is 11.6. The number of carbonyl (C=O) groups is 1. The normalized spacial score (nSPS) is 12.4. The van der Waals surface area contributed by atoms with E-state index in [9.17, 15) is 4.79 Å². The smallest absolute Gasteiger partial charge is 0.276 e. The Morgan fingerprint density at radius 3 is 3.00 bits per heavy atom. The van der Waals surface area contributed by atoms with Crippen LogP contribution in [0.1, 0.15) is 28.2 Å². The van der Waals surface area contributed by atoms with Gasteiger partial charge in [0.25, 0.3) is 5.91 Å². The zero-order valence-corrected chi connectivity index (χ0v) is 12.4. The molecule has 4 N–H and O–H groups in total. The lowest BCUT2D eigenvalue weighted by molar-refractivity contribution is 0.102. The number of aromatic amines is 1. The summed E-state index contributed by atoms with van der Waals surface area (Å²) in [6.45, 7) is 0. The molecule has 1 amide bonds. The van der Waals surface area contributed by atoms with Gasteiger partial charge in [-0.05, 0) is 31.4 Å². The summed E-state index contributed by atoms with van der Waals surface area (Å²) in [5.74, 6) is 0.395. The minimum absolute atomic E-state index is 0. The van der Waals surface area contributed by atoms with E-state index in [2.05, 4.69) is 15.5 Å². The molecule has 1 aliphatic rings. The van der Waals surface area contributed by atoms with Crippen LogP contribution in [0.2, 0.25) is 0 Å². The van der Waals surface area contributed by atoms with Crippen LogP contribution in [0, 0.1) is 0 Å². The van der Waals surface area contributed by atoms with Crippen LogP contribution in [0.4, 0.5) is 11.4 Å². The Labute approximate surface area is 128 Å². The van der Waals surface area contributed by atoms with Gasteiger partial charge in [0.05, 0.1) is 18.5 Å². The van der Waals surface area contributed by atoms with Gasteiger partial charge in [0, 0.05) is 17.3 Å². The highest BCUT2D eigenvalue weighted by molar-refractivity contribution is 6.05. The Hall–Kier alpha value is -2.21. The van der Waals surface area contributed by atoms with E-state index in [-0.39, 0.29) is 18.3 Å². The van der Waals surface area contributed by atoms with E-state index in [0.717, 1.165) is 30.5 Å². The number of amides is 1. The number of H-pyrrole nitrogens is 1. The third-order valence-corrected chi connectivity index (χ3v) is 3.53. The van der Waals surface area contributed by atoms with E-state index in [4.69, 9.17) is 10.5 Å². The molecule has 7 heteroatoms.